The van der Waals surface area contributed by atoms with Crippen molar-refractivity contribution in [3.8, 4) is 5.75 Å². The first-order chi connectivity index (χ1) is 11.9. The number of aromatic hydroxyl groups is 1. The summed E-state index contributed by atoms with van der Waals surface area (Å²) in [6.07, 6.45) is 0. The van der Waals surface area contributed by atoms with E-state index in [1.165, 1.54) is 11.0 Å². The number of carbonyl (C=O) groups excluding carboxylic acids is 1. The molecule has 0 bridgehead atoms. The average molecular weight is 360 g/mol. The number of aliphatic carboxylic acids is 1. The number of hydrogen-bond donors (Lipinski definition) is 2. The molecule has 0 aromatic heterocycles. The number of likely N-dealkylation sites (tertiary alicyclic amines) is 1. The van der Waals surface area contributed by atoms with Crippen molar-refractivity contribution in [3.05, 3.63) is 64.2 Å². The number of carboxylic acids is 1. The van der Waals surface area contributed by atoms with Crippen LogP contribution in [0.5, 0.6) is 5.75 Å². The Morgan fingerprint density at radius 1 is 1.12 bits per heavy atom. The Morgan fingerprint density at radius 2 is 1.80 bits per heavy atom. The second-order valence-corrected chi connectivity index (χ2v) is 6.77. The fraction of sp³-hybridized carbons (Fsp3) is 0.263. The van der Waals surface area contributed by atoms with E-state index in [2.05, 4.69) is 0 Å². The molecule has 1 fully saturated rings. The molecule has 1 aliphatic rings. The van der Waals surface area contributed by atoms with Crippen molar-refractivity contribution in [3.63, 3.8) is 0 Å². The molecule has 6 heteroatoms. The molecule has 130 valence electrons. The number of carboxylic acid groups (broad SMARTS) is 1. The summed E-state index contributed by atoms with van der Waals surface area (Å²) in [7, 11) is 0. The number of aryl methyl sites for hydroxylation is 1. The molecule has 2 N–H and O–H groups in total. The third-order valence-electron chi connectivity index (χ3n) is 4.61. The number of phenols is 1. The van der Waals surface area contributed by atoms with Crippen LogP contribution in [-0.2, 0) is 4.79 Å². The quantitative estimate of drug-likeness (QED) is 0.881. The number of phenolic OH excluding ortho intramolecular Hbond substituents is 1. The molecule has 3 rings (SSSR count). The van der Waals surface area contributed by atoms with E-state index in [0.717, 1.165) is 11.1 Å². The molecule has 0 radical (unpaired) electrons. The van der Waals surface area contributed by atoms with Gasteiger partial charge in [0, 0.05) is 24.0 Å². The number of rotatable bonds is 3. The first-order valence-electron chi connectivity index (χ1n) is 7.94. The number of nitrogens with zero attached hydrogens (tertiary/aromatic N) is 1. The highest BCUT2D eigenvalue weighted by atomic mass is 35.5. The Morgan fingerprint density at radius 3 is 2.40 bits per heavy atom. The van der Waals surface area contributed by atoms with Crippen LogP contribution in [0.1, 0.15) is 27.4 Å². The molecular formula is C19H18ClNO4. The van der Waals surface area contributed by atoms with Gasteiger partial charge in [-0.25, -0.2) is 0 Å². The Labute approximate surface area is 150 Å². The molecule has 2 aromatic carbocycles. The van der Waals surface area contributed by atoms with Gasteiger partial charge in [0.2, 0.25) is 0 Å². The van der Waals surface area contributed by atoms with Crippen molar-refractivity contribution >= 4 is 23.5 Å². The van der Waals surface area contributed by atoms with E-state index in [4.69, 9.17) is 11.6 Å². The van der Waals surface area contributed by atoms with Gasteiger partial charge < -0.3 is 15.1 Å². The lowest BCUT2D eigenvalue weighted by Crippen LogP contribution is -2.30. The highest BCUT2D eigenvalue weighted by molar-refractivity contribution is 6.30. The molecule has 2 aromatic rings. The number of halogens is 1. The Bertz CT molecular complexity index is 819. The number of amides is 1. The van der Waals surface area contributed by atoms with Gasteiger partial charge >= 0.3 is 5.97 Å². The third kappa shape index (κ3) is 3.46. The molecule has 25 heavy (non-hydrogen) atoms. The maximum atomic E-state index is 12.7. The van der Waals surface area contributed by atoms with E-state index >= 15 is 0 Å². The predicted molar refractivity (Wildman–Crippen MR) is 94.1 cm³/mol. The maximum Gasteiger partial charge on any atom is 0.308 e. The zero-order valence-corrected chi connectivity index (χ0v) is 14.4. The highest BCUT2D eigenvalue weighted by Gasteiger charge is 2.41. The minimum Gasteiger partial charge on any atom is -0.507 e. The van der Waals surface area contributed by atoms with E-state index in [-0.39, 0.29) is 36.2 Å². The van der Waals surface area contributed by atoms with Crippen LogP contribution < -0.4 is 0 Å². The first-order valence-corrected chi connectivity index (χ1v) is 8.32. The molecule has 1 heterocycles. The zero-order valence-electron chi connectivity index (χ0n) is 13.6. The van der Waals surface area contributed by atoms with Gasteiger partial charge in [0.05, 0.1) is 11.5 Å². The number of benzene rings is 2. The standard InChI is InChI=1S/C19H18ClNO4/c1-11-2-7-14(17(22)8-11)18(23)21-9-15(16(10-21)19(24)25)12-3-5-13(20)6-4-12/h2-8,15-16,22H,9-10H2,1H3,(H,24,25)/t15-,16+/m0/s1. The monoisotopic (exact) mass is 359 g/mol. The SMILES string of the molecule is Cc1ccc(C(=O)N2C[C@@H](C(=O)O)[C@H](c3ccc(Cl)cc3)C2)c(O)c1. The van der Waals surface area contributed by atoms with Gasteiger partial charge in [-0.1, -0.05) is 29.8 Å². The minimum absolute atomic E-state index is 0.0909. The molecule has 0 unspecified atom stereocenters. The van der Waals surface area contributed by atoms with Crippen LogP contribution in [0.15, 0.2) is 42.5 Å². The summed E-state index contributed by atoms with van der Waals surface area (Å²) >= 11 is 5.90. The van der Waals surface area contributed by atoms with Crippen LogP contribution in [-0.4, -0.2) is 40.1 Å². The van der Waals surface area contributed by atoms with Crippen LogP contribution in [0, 0.1) is 12.8 Å². The van der Waals surface area contributed by atoms with Crippen LogP contribution in [0.2, 0.25) is 5.02 Å². The Kier molecular flexibility index (Phi) is 4.68. The molecule has 0 saturated carbocycles. The van der Waals surface area contributed by atoms with Crippen LogP contribution in [0.4, 0.5) is 0 Å². The zero-order chi connectivity index (χ0) is 18.1. The fourth-order valence-corrected chi connectivity index (χ4v) is 3.39. The largest absolute Gasteiger partial charge is 0.507 e. The molecule has 1 aliphatic heterocycles. The molecule has 1 amide bonds. The summed E-state index contributed by atoms with van der Waals surface area (Å²) in [6, 6.07) is 11.8. The summed E-state index contributed by atoms with van der Waals surface area (Å²) < 4.78 is 0. The summed E-state index contributed by atoms with van der Waals surface area (Å²) in [5.74, 6) is -2.40. The second kappa shape index (κ2) is 6.76. The predicted octanol–water partition coefficient (Wildman–Crippen LogP) is 3.29. The smallest absolute Gasteiger partial charge is 0.308 e. The summed E-state index contributed by atoms with van der Waals surface area (Å²) in [5, 5.41) is 20.2. The van der Waals surface area contributed by atoms with Crippen molar-refractivity contribution in [2.45, 2.75) is 12.8 Å². The van der Waals surface area contributed by atoms with Crippen molar-refractivity contribution < 1.29 is 19.8 Å². The molecular weight excluding hydrogens is 342 g/mol. The first kappa shape index (κ1) is 17.3. The van der Waals surface area contributed by atoms with Gasteiger partial charge in [0.1, 0.15) is 5.75 Å². The van der Waals surface area contributed by atoms with Crippen LogP contribution in [0.3, 0.4) is 0 Å². The lowest BCUT2D eigenvalue weighted by Gasteiger charge is -2.17. The van der Waals surface area contributed by atoms with Gasteiger partial charge in [0.15, 0.2) is 0 Å². The molecule has 1 saturated heterocycles. The Hall–Kier alpha value is -2.53. The van der Waals surface area contributed by atoms with Gasteiger partial charge in [-0.2, -0.15) is 0 Å². The van der Waals surface area contributed by atoms with E-state index < -0.39 is 11.9 Å². The minimum atomic E-state index is -0.941. The molecule has 0 spiro atoms. The van der Waals surface area contributed by atoms with E-state index in [9.17, 15) is 19.8 Å². The second-order valence-electron chi connectivity index (χ2n) is 6.33. The molecule has 0 aliphatic carbocycles. The van der Waals surface area contributed by atoms with Gasteiger partial charge in [0.25, 0.3) is 5.91 Å². The van der Waals surface area contributed by atoms with E-state index in [1.54, 1.807) is 36.4 Å². The van der Waals surface area contributed by atoms with Crippen molar-refractivity contribution in [2.24, 2.45) is 5.92 Å². The van der Waals surface area contributed by atoms with Gasteiger partial charge in [-0.15, -0.1) is 0 Å². The van der Waals surface area contributed by atoms with Gasteiger partial charge in [-0.3, -0.25) is 9.59 Å². The van der Waals surface area contributed by atoms with Gasteiger partial charge in [-0.05, 0) is 42.3 Å². The third-order valence-corrected chi connectivity index (χ3v) is 4.86. The average Bonchev–Trinajstić information content (AvgIpc) is 3.00. The lowest BCUT2D eigenvalue weighted by atomic mass is 9.89. The lowest BCUT2D eigenvalue weighted by molar-refractivity contribution is -0.141. The van der Waals surface area contributed by atoms with Crippen LogP contribution in [0.25, 0.3) is 0 Å². The molecule has 5 nitrogen and oxygen atoms in total. The molecule has 2 atom stereocenters. The van der Waals surface area contributed by atoms with Crippen LogP contribution >= 0.6 is 11.6 Å². The summed E-state index contributed by atoms with van der Waals surface area (Å²) in [6.45, 7) is 2.21. The number of carbonyl (C=O) groups is 2. The van der Waals surface area contributed by atoms with E-state index in [1.807, 2.05) is 6.92 Å². The summed E-state index contributed by atoms with van der Waals surface area (Å²) in [5.41, 5.74) is 1.87. The maximum absolute atomic E-state index is 12.7. The number of hydrogen-bond acceptors (Lipinski definition) is 3. The summed E-state index contributed by atoms with van der Waals surface area (Å²) in [4.78, 5) is 25.9. The fourth-order valence-electron chi connectivity index (χ4n) is 3.26. The van der Waals surface area contributed by atoms with Crippen molar-refractivity contribution in [2.75, 3.05) is 13.1 Å². The normalized spacial score (nSPS) is 19.8. The highest BCUT2D eigenvalue weighted by Crippen LogP contribution is 2.35. The van der Waals surface area contributed by atoms with Crippen molar-refractivity contribution in [1.29, 1.82) is 0 Å². The Balaban J connectivity index is 1.88. The topological polar surface area (TPSA) is 77.8 Å². The van der Waals surface area contributed by atoms with Crippen molar-refractivity contribution in [1.82, 2.24) is 4.90 Å². The van der Waals surface area contributed by atoms with E-state index in [0.29, 0.717) is 5.02 Å².